The molecular formula is C18H21N5O4S. The van der Waals surface area contributed by atoms with Crippen molar-refractivity contribution >= 4 is 27.0 Å². The summed E-state index contributed by atoms with van der Waals surface area (Å²) in [7, 11) is -3.77. The Hall–Kier alpha value is -2.72. The Balaban J connectivity index is 1.53. The lowest BCUT2D eigenvalue weighted by molar-refractivity contribution is -0.121. The Bertz CT molecular complexity index is 1110. The van der Waals surface area contributed by atoms with Gasteiger partial charge >= 0.3 is 0 Å². The fourth-order valence-electron chi connectivity index (χ4n) is 3.60. The molecule has 1 atom stereocenters. The number of imidazole rings is 1. The number of aryl methyl sites for hydroxylation is 2. The zero-order chi connectivity index (χ0) is 19.9. The van der Waals surface area contributed by atoms with Crippen molar-refractivity contribution in [1.82, 2.24) is 19.1 Å². The van der Waals surface area contributed by atoms with E-state index in [0.29, 0.717) is 25.1 Å². The number of hydrogen-bond donors (Lipinski definition) is 1. The molecule has 3 aromatic rings. The van der Waals surface area contributed by atoms with Crippen molar-refractivity contribution in [3.63, 3.8) is 0 Å². The highest BCUT2D eigenvalue weighted by atomic mass is 32.2. The van der Waals surface area contributed by atoms with E-state index >= 15 is 0 Å². The molecule has 1 N–H and O–H groups in total. The third kappa shape index (κ3) is 3.18. The van der Waals surface area contributed by atoms with Crippen LogP contribution in [-0.4, -0.2) is 46.5 Å². The second-order valence-corrected chi connectivity index (χ2v) is 8.81. The molecule has 28 heavy (non-hydrogen) atoms. The first kappa shape index (κ1) is 18.6. The van der Waals surface area contributed by atoms with Gasteiger partial charge in [-0.05, 0) is 38.8 Å². The number of carbonyl (C=O) groups is 1. The second-order valence-electron chi connectivity index (χ2n) is 6.93. The van der Waals surface area contributed by atoms with Crippen LogP contribution in [0.5, 0.6) is 0 Å². The minimum absolute atomic E-state index is 0.0918. The van der Waals surface area contributed by atoms with E-state index in [0.717, 1.165) is 11.0 Å². The van der Waals surface area contributed by atoms with Crippen LogP contribution < -0.4 is 5.43 Å². The quantitative estimate of drug-likeness (QED) is 0.711. The summed E-state index contributed by atoms with van der Waals surface area (Å²) in [4.78, 5) is 17.1. The van der Waals surface area contributed by atoms with Crippen LogP contribution >= 0.6 is 0 Å². The molecule has 0 saturated carbocycles. The molecule has 1 aliphatic heterocycles. The first-order valence-electron chi connectivity index (χ1n) is 9.04. The van der Waals surface area contributed by atoms with E-state index in [4.69, 9.17) is 4.52 Å². The number of aromatic nitrogens is 3. The normalized spacial score (nSPS) is 18.4. The highest BCUT2D eigenvalue weighted by Gasteiger charge is 2.36. The number of rotatable bonds is 4. The van der Waals surface area contributed by atoms with Crippen molar-refractivity contribution in [2.45, 2.75) is 31.6 Å². The van der Waals surface area contributed by atoms with E-state index < -0.39 is 15.9 Å². The van der Waals surface area contributed by atoms with Gasteiger partial charge in [-0.15, -0.1) is 0 Å². The van der Waals surface area contributed by atoms with Gasteiger partial charge in [-0.2, -0.15) is 4.31 Å². The second kappa shape index (κ2) is 7.02. The summed E-state index contributed by atoms with van der Waals surface area (Å²) >= 11 is 0. The maximum atomic E-state index is 13.0. The molecule has 1 saturated heterocycles. The number of hydrogen-bond acceptors (Lipinski definition) is 6. The third-order valence-electron chi connectivity index (χ3n) is 5.00. The Morgan fingerprint density at radius 1 is 1.29 bits per heavy atom. The summed E-state index contributed by atoms with van der Waals surface area (Å²) in [6, 6.07) is 7.46. The van der Waals surface area contributed by atoms with Crippen LogP contribution in [0.4, 0.5) is 0 Å². The summed E-state index contributed by atoms with van der Waals surface area (Å²) in [6.45, 7) is 3.65. The monoisotopic (exact) mass is 403 g/mol. The fourth-order valence-corrected chi connectivity index (χ4v) is 5.42. The van der Waals surface area contributed by atoms with Gasteiger partial charge in [-0.1, -0.05) is 17.3 Å². The molecule has 0 bridgehead atoms. The van der Waals surface area contributed by atoms with Gasteiger partial charge in [-0.25, -0.2) is 18.1 Å². The van der Waals surface area contributed by atoms with Crippen LogP contribution in [0, 0.1) is 19.8 Å². The maximum absolute atomic E-state index is 13.0. The molecule has 148 valence electrons. The van der Waals surface area contributed by atoms with Crippen LogP contribution in [0.2, 0.25) is 0 Å². The topological polar surface area (TPSA) is 110 Å². The van der Waals surface area contributed by atoms with Crippen molar-refractivity contribution in [2.75, 3.05) is 18.5 Å². The maximum Gasteiger partial charge on any atom is 0.248 e. The average molecular weight is 403 g/mol. The number of amides is 1. The van der Waals surface area contributed by atoms with Crippen molar-refractivity contribution in [3.05, 3.63) is 42.0 Å². The molecule has 0 aliphatic carbocycles. The Morgan fingerprint density at radius 3 is 2.82 bits per heavy atom. The Labute approximate surface area is 162 Å². The van der Waals surface area contributed by atoms with Crippen LogP contribution in [0.25, 0.3) is 11.0 Å². The van der Waals surface area contributed by atoms with E-state index in [1.54, 1.807) is 24.9 Å². The third-order valence-corrected chi connectivity index (χ3v) is 7.12. The average Bonchev–Trinajstić information content (AvgIpc) is 3.25. The van der Waals surface area contributed by atoms with Gasteiger partial charge < -0.3 is 4.52 Å². The fraction of sp³-hybridized carbons (Fsp3) is 0.389. The van der Waals surface area contributed by atoms with E-state index in [1.165, 1.54) is 4.31 Å². The van der Waals surface area contributed by atoms with E-state index in [9.17, 15) is 13.2 Å². The number of para-hydroxylation sites is 2. The summed E-state index contributed by atoms with van der Waals surface area (Å²) in [5, 5.41) is 3.74. The Kier molecular flexibility index (Phi) is 4.68. The first-order chi connectivity index (χ1) is 13.4. The highest BCUT2D eigenvalue weighted by molar-refractivity contribution is 7.89. The molecule has 1 unspecified atom stereocenters. The molecule has 2 aromatic heterocycles. The van der Waals surface area contributed by atoms with Gasteiger partial charge in [0.1, 0.15) is 16.9 Å². The van der Waals surface area contributed by atoms with Crippen molar-refractivity contribution < 1.29 is 17.7 Å². The number of carbonyl (C=O) groups excluding carboxylic acids is 1. The van der Waals surface area contributed by atoms with E-state index in [-0.39, 0.29) is 23.1 Å². The molecule has 4 rings (SSSR count). The summed E-state index contributed by atoms with van der Waals surface area (Å²) in [5.74, 6) is -0.430. The highest BCUT2D eigenvalue weighted by Crippen LogP contribution is 2.28. The number of sulfonamides is 1. The lowest BCUT2D eigenvalue weighted by Gasteiger charge is -2.31. The van der Waals surface area contributed by atoms with Crippen molar-refractivity contribution in [1.29, 1.82) is 0 Å². The number of fused-ring (bicyclic) bond motifs is 1. The molecule has 1 fully saturated rings. The molecule has 10 heteroatoms. The smallest absolute Gasteiger partial charge is 0.248 e. The Morgan fingerprint density at radius 2 is 2.07 bits per heavy atom. The molecule has 1 aromatic carbocycles. The van der Waals surface area contributed by atoms with E-state index in [2.05, 4.69) is 15.6 Å². The molecule has 1 amide bonds. The van der Waals surface area contributed by atoms with E-state index in [1.807, 2.05) is 24.3 Å². The summed E-state index contributed by atoms with van der Waals surface area (Å²) in [6.07, 6.45) is 2.77. The number of piperidine rings is 1. The summed E-state index contributed by atoms with van der Waals surface area (Å²) < 4.78 is 34.0. The zero-order valence-corrected chi connectivity index (χ0v) is 16.4. The van der Waals surface area contributed by atoms with Gasteiger partial charge in [0.05, 0.1) is 17.0 Å². The van der Waals surface area contributed by atoms with Gasteiger partial charge in [0.15, 0.2) is 5.76 Å². The number of nitrogens with one attached hydrogen (secondary N) is 1. The van der Waals surface area contributed by atoms with Gasteiger partial charge in [0, 0.05) is 13.1 Å². The van der Waals surface area contributed by atoms with Crippen molar-refractivity contribution in [3.8, 4) is 0 Å². The molecule has 0 spiro atoms. The lowest BCUT2D eigenvalue weighted by Crippen LogP contribution is -2.45. The van der Waals surface area contributed by atoms with Gasteiger partial charge in [0.2, 0.25) is 15.9 Å². The van der Waals surface area contributed by atoms with Crippen molar-refractivity contribution in [2.24, 2.45) is 5.92 Å². The van der Waals surface area contributed by atoms with Crippen LogP contribution in [0.15, 0.2) is 40.0 Å². The standard InChI is InChI=1S/C18H21N5O4S/c1-12-17(13(2)27-21-12)28(25,26)22-9-5-6-14(10-22)18(24)20-23-11-19-15-7-3-4-8-16(15)23/h3-4,7-8,11,14H,5-6,9-10H2,1-2H3,(H,20,24). The number of benzene rings is 1. The lowest BCUT2D eigenvalue weighted by atomic mass is 9.99. The molecule has 1 aliphatic rings. The minimum atomic E-state index is -3.77. The zero-order valence-electron chi connectivity index (χ0n) is 15.6. The van der Waals surface area contributed by atoms with Crippen LogP contribution in [0.1, 0.15) is 24.3 Å². The molecular weight excluding hydrogens is 382 g/mol. The predicted molar refractivity (Wildman–Crippen MR) is 102 cm³/mol. The summed E-state index contributed by atoms with van der Waals surface area (Å²) in [5.41, 5.74) is 4.71. The minimum Gasteiger partial charge on any atom is -0.360 e. The predicted octanol–water partition coefficient (Wildman–Crippen LogP) is 1.81. The molecule has 0 radical (unpaired) electrons. The largest absolute Gasteiger partial charge is 0.360 e. The molecule has 3 heterocycles. The SMILES string of the molecule is Cc1noc(C)c1S(=O)(=O)N1CCCC(C(=O)Nn2cnc3ccccc32)C1. The van der Waals surface area contributed by atoms with Crippen LogP contribution in [0.3, 0.4) is 0 Å². The van der Waals surface area contributed by atoms with Gasteiger partial charge in [0.25, 0.3) is 0 Å². The van der Waals surface area contributed by atoms with Crippen LogP contribution in [-0.2, 0) is 14.8 Å². The number of nitrogens with zero attached hydrogens (tertiary/aromatic N) is 4. The molecule has 9 nitrogen and oxygen atoms in total. The van der Waals surface area contributed by atoms with Gasteiger partial charge in [-0.3, -0.25) is 10.2 Å². The first-order valence-corrected chi connectivity index (χ1v) is 10.5.